The maximum atomic E-state index is 8.71. The van der Waals surface area contributed by atoms with E-state index in [1.807, 2.05) is 12.1 Å². The third kappa shape index (κ3) is 1.93. The van der Waals surface area contributed by atoms with Crippen molar-refractivity contribution in [1.29, 1.82) is 0 Å². The fraction of sp³-hybridized carbons (Fsp3) is 0.455. The summed E-state index contributed by atoms with van der Waals surface area (Å²) in [6, 6.07) is 3.82. The average Bonchev–Trinajstić information content (AvgIpc) is 2.75. The van der Waals surface area contributed by atoms with Gasteiger partial charge >= 0.3 is 0 Å². The van der Waals surface area contributed by atoms with E-state index < -0.39 is 0 Å². The standard InChI is InChI=1S/C11H16N4O/c1-8-4-6-15(7-8)9-3-2-5-13-10(9)11(12)14-16/h2-3,5,8,16H,4,6-7H2,1H3,(H2,12,14). The fourth-order valence-electron chi connectivity index (χ4n) is 2.05. The zero-order valence-electron chi connectivity index (χ0n) is 9.30. The maximum absolute atomic E-state index is 8.71. The monoisotopic (exact) mass is 220 g/mol. The van der Waals surface area contributed by atoms with Crippen LogP contribution >= 0.6 is 0 Å². The number of anilines is 1. The van der Waals surface area contributed by atoms with Crippen LogP contribution in [0.3, 0.4) is 0 Å². The first-order valence-corrected chi connectivity index (χ1v) is 5.40. The number of hydrogen-bond donors (Lipinski definition) is 2. The van der Waals surface area contributed by atoms with Crippen molar-refractivity contribution in [2.75, 3.05) is 18.0 Å². The van der Waals surface area contributed by atoms with E-state index in [2.05, 4.69) is 22.0 Å². The van der Waals surface area contributed by atoms with Crippen molar-refractivity contribution < 1.29 is 5.21 Å². The Hall–Kier alpha value is -1.78. The fourth-order valence-corrected chi connectivity index (χ4v) is 2.05. The molecule has 0 saturated carbocycles. The second-order valence-electron chi connectivity index (χ2n) is 4.20. The van der Waals surface area contributed by atoms with E-state index in [9.17, 15) is 0 Å². The molecule has 0 aromatic carbocycles. The Morgan fingerprint density at radius 1 is 1.69 bits per heavy atom. The smallest absolute Gasteiger partial charge is 0.190 e. The molecule has 1 aliphatic rings. The Balaban J connectivity index is 2.33. The minimum Gasteiger partial charge on any atom is -0.409 e. The molecule has 1 fully saturated rings. The zero-order chi connectivity index (χ0) is 11.5. The van der Waals surface area contributed by atoms with E-state index in [-0.39, 0.29) is 5.84 Å². The highest BCUT2D eigenvalue weighted by molar-refractivity contribution is 6.00. The van der Waals surface area contributed by atoms with Crippen LogP contribution in [0.15, 0.2) is 23.5 Å². The zero-order valence-corrected chi connectivity index (χ0v) is 9.30. The van der Waals surface area contributed by atoms with Crippen molar-refractivity contribution >= 4 is 11.5 Å². The predicted molar refractivity (Wildman–Crippen MR) is 62.7 cm³/mol. The molecule has 1 aromatic heterocycles. The lowest BCUT2D eigenvalue weighted by atomic mass is 10.2. The van der Waals surface area contributed by atoms with Crippen LogP contribution in [0.5, 0.6) is 0 Å². The molecule has 1 atom stereocenters. The molecule has 0 aliphatic carbocycles. The molecule has 1 aliphatic heterocycles. The molecule has 86 valence electrons. The normalized spacial score (nSPS) is 21.4. The van der Waals surface area contributed by atoms with E-state index >= 15 is 0 Å². The molecule has 1 aromatic rings. The predicted octanol–water partition coefficient (Wildman–Crippen LogP) is 1.02. The summed E-state index contributed by atoms with van der Waals surface area (Å²) in [7, 11) is 0. The maximum Gasteiger partial charge on any atom is 0.190 e. The van der Waals surface area contributed by atoms with Gasteiger partial charge in [-0.3, -0.25) is 4.98 Å². The van der Waals surface area contributed by atoms with Crippen molar-refractivity contribution in [3.8, 4) is 0 Å². The first-order valence-electron chi connectivity index (χ1n) is 5.40. The van der Waals surface area contributed by atoms with E-state index in [4.69, 9.17) is 10.9 Å². The van der Waals surface area contributed by atoms with Gasteiger partial charge in [0, 0.05) is 19.3 Å². The highest BCUT2D eigenvalue weighted by Gasteiger charge is 2.22. The quantitative estimate of drug-likeness (QED) is 0.338. The van der Waals surface area contributed by atoms with Gasteiger partial charge in [0.15, 0.2) is 5.84 Å². The topological polar surface area (TPSA) is 74.7 Å². The van der Waals surface area contributed by atoms with Gasteiger partial charge in [-0.05, 0) is 24.5 Å². The lowest BCUT2D eigenvalue weighted by Gasteiger charge is -2.20. The minimum atomic E-state index is 0.0650. The average molecular weight is 220 g/mol. The second kappa shape index (κ2) is 4.38. The number of nitrogens with two attached hydrogens (primary N) is 1. The first-order chi connectivity index (χ1) is 7.72. The number of rotatable bonds is 2. The van der Waals surface area contributed by atoms with Gasteiger partial charge in [0.05, 0.1) is 5.69 Å². The molecule has 0 amide bonds. The third-order valence-corrected chi connectivity index (χ3v) is 2.90. The van der Waals surface area contributed by atoms with E-state index in [0.717, 1.165) is 18.8 Å². The molecular formula is C11H16N4O. The van der Waals surface area contributed by atoms with Gasteiger partial charge in [-0.15, -0.1) is 0 Å². The van der Waals surface area contributed by atoms with Crippen LogP contribution in [0.2, 0.25) is 0 Å². The van der Waals surface area contributed by atoms with Crippen LogP contribution in [0.25, 0.3) is 0 Å². The molecular weight excluding hydrogens is 204 g/mol. The van der Waals surface area contributed by atoms with Crippen LogP contribution in [0.4, 0.5) is 5.69 Å². The Morgan fingerprint density at radius 2 is 2.50 bits per heavy atom. The molecule has 16 heavy (non-hydrogen) atoms. The molecule has 2 rings (SSSR count). The summed E-state index contributed by atoms with van der Waals surface area (Å²) in [6.45, 7) is 4.22. The molecule has 0 spiro atoms. The number of nitrogens with zero attached hydrogens (tertiary/aromatic N) is 3. The van der Waals surface area contributed by atoms with Gasteiger partial charge < -0.3 is 15.8 Å². The van der Waals surface area contributed by atoms with Crippen LogP contribution in [0, 0.1) is 5.92 Å². The van der Waals surface area contributed by atoms with E-state index in [1.54, 1.807) is 6.20 Å². The largest absolute Gasteiger partial charge is 0.409 e. The molecule has 0 bridgehead atoms. The number of aromatic nitrogens is 1. The van der Waals surface area contributed by atoms with Gasteiger partial charge in [0.1, 0.15) is 5.69 Å². The summed E-state index contributed by atoms with van der Waals surface area (Å²) in [5.41, 5.74) is 7.11. The van der Waals surface area contributed by atoms with Crippen LogP contribution in [0.1, 0.15) is 19.0 Å². The number of hydrogen-bond acceptors (Lipinski definition) is 4. The molecule has 2 heterocycles. The summed E-state index contributed by atoms with van der Waals surface area (Å²) < 4.78 is 0. The minimum absolute atomic E-state index is 0.0650. The van der Waals surface area contributed by atoms with Crippen LogP contribution < -0.4 is 10.6 Å². The Morgan fingerprint density at radius 3 is 3.12 bits per heavy atom. The van der Waals surface area contributed by atoms with Gasteiger partial charge in [-0.25, -0.2) is 0 Å². The van der Waals surface area contributed by atoms with Gasteiger partial charge in [-0.1, -0.05) is 12.1 Å². The molecule has 5 nitrogen and oxygen atoms in total. The number of oxime groups is 1. The number of pyridine rings is 1. The Kier molecular flexibility index (Phi) is 2.94. The lowest BCUT2D eigenvalue weighted by Crippen LogP contribution is -2.25. The van der Waals surface area contributed by atoms with Crippen LogP contribution in [-0.2, 0) is 0 Å². The summed E-state index contributed by atoms with van der Waals surface area (Å²) in [4.78, 5) is 6.39. The van der Waals surface area contributed by atoms with Gasteiger partial charge in [0.2, 0.25) is 0 Å². The molecule has 1 saturated heterocycles. The van der Waals surface area contributed by atoms with Gasteiger partial charge in [0.25, 0.3) is 0 Å². The van der Waals surface area contributed by atoms with E-state index in [0.29, 0.717) is 11.6 Å². The van der Waals surface area contributed by atoms with E-state index in [1.165, 1.54) is 6.42 Å². The van der Waals surface area contributed by atoms with Crippen molar-refractivity contribution in [3.05, 3.63) is 24.0 Å². The first kappa shape index (κ1) is 10.7. The number of amidine groups is 1. The molecule has 3 N–H and O–H groups in total. The molecule has 0 radical (unpaired) electrons. The Labute approximate surface area is 94.6 Å². The van der Waals surface area contributed by atoms with Gasteiger partial charge in [-0.2, -0.15) is 0 Å². The molecule has 1 unspecified atom stereocenters. The van der Waals surface area contributed by atoms with Crippen LogP contribution in [-0.4, -0.2) is 29.1 Å². The summed E-state index contributed by atoms with van der Waals surface area (Å²) in [5.74, 6) is 0.746. The summed E-state index contributed by atoms with van der Waals surface area (Å²) >= 11 is 0. The highest BCUT2D eigenvalue weighted by atomic mass is 16.4. The van der Waals surface area contributed by atoms with Crippen molar-refractivity contribution in [2.45, 2.75) is 13.3 Å². The van der Waals surface area contributed by atoms with Crippen molar-refractivity contribution in [3.63, 3.8) is 0 Å². The Bertz CT molecular complexity index is 405. The lowest BCUT2D eigenvalue weighted by molar-refractivity contribution is 0.318. The third-order valence-electron chi connectivity index (χ3n) is 2.90. The summed E-state index contributed by atoms with van der Waals surface area (Å²) in [6.07, 6.45) is 2.82. The van der Waals surface area contributed by atoms with Crippen molar-refractivity contribution in [1.82, 2.24) is 4.98 Å². The molecule has 5 heteroatoms. The highest BCUT2D eigenvalue weighted by Crippen LogP contribution is 2.25. The summed E-state index contributed by atoms with van der Waals surface area (Å²) in [5, 5.41) is 11.7. The second-order valence-corrected chi connectivity index (χ2v) is 4.20. The van der Waals surface area contributed by atoms with Crippen molar-refractivity contribution in [2.24, 2.45) is 16.8 Å². The SMILES string of the molecule is CC1CCN(c2cccnc2/C(N)=N/O)C1.